The van der Waals surface area contributed by atoms with Crippen LogP contribution < -0.4 is 5.32 Å². The summed E-state index contributed by atoms with van der Waals surface area (Å²) in [6.45, 7) is 0.156. The number of amides is 1. The number of carboxylic acid groups (broad SMARTS) is 1. The molecule has 0 spiro atoms. The lowest BCUT2D eigenvalue weighted by molar-refractivity contribution is 0.0689. The van der Waals surface area contributed by atoms with Crippen LogP contribution in [-0.2, 0) is 11.3 Å². The number of aromatic carboxylic acids is 1. The van der Waals surface area contributed by atoms with Gasteiger partial charge in [0.1, 0.15) is 6.61 Å². The molecule has 2 aliphatic carbocycles. The number of nitrogens with zero attached hydrogens (tertiary/aromatic N) is 1. The lowest BCUT2D eigenvalue weighted by atomic mass is 9.87. The molecule has 2 saturated carbocycles. The van der Waals surface area contributed by atoms with Crippen LogP contribution in [-0.4, -0.2) is 22.2 Å². The maximum absolute atomic E-state index is 12.0. The van der Waals surface area contributed by atoms with Crippen LogP contribution in [0.3, 0.4) is 0 Å². The van der Waals surface area contributed by atoms with Gasteiger partial charge < -0.3 is 9.84 Å². The smallest absolute Gasteiger partial charge is 0.413 e. The van der Waals surface area contributed by atoms with Crippen molar-refractivity contribution in [1.29, 1.82) is 0 Å². The fraction of sp³-hybridized carbons (Fsp3) is 0.421. The van der Waals surface area contributed by atoms with E-state index in [2.05, 4.69) is 10.3 Å². The summed E-state index contributed by atoms with van der Waals surface area (Å²) in [5.74, 6) is 0.482. The molecule has 0 aliphatic heterocycles. The third-order valence-electron chi connectivity index (χ3n) is 5.35. The molecule has 0 radical (unpaired) electrons. The van der Waals surface area contributed by atoms with E-state index in [1.54, 1.807) is 0 Å². The first-order chi connectivity index (χ1) is 12.6. The Hall–Kier alpha value is -2.41. The Labute approximate surface area is 155 Å². The van der Waals surface area contributed by atoms with Crippen LogP contribution in [0.2, 0.25) is 0 Å². The number of aromatic nitrogens is 1. The van der Waals surface area contributed by atoms with Crippen LogP contribution >= 0.6 is 11.3 Å². The van der Waals surface area contributed by atoms with Gasteiger partial charge >= 0.3 is 12.1 Å². The molecule has 7 heteroatoms. The molecule has 2 bridgehead atoms. The Kier molecular flexibility index (Phi) is 4.63. The average Bonchev–Trinajstić information content (AvgIpc) is 3.36. The third kappa shape index (κ3) is 3.44. The monoisotopic (exact) mass is 372 g/mol. The Morgan fingerprint density at radius 3 is 2.69 bits per heavy atom. The number of carbonyl (C=O) groups excluding carboxylic acids is 1. The van der Waals surface area contributed by atoms with Crippen LogP contribution in [0.1, 0.15) is 52.5 Å². The lowest BCUT2D eigenvalue weighted by Gasteiger charge is -2.20. The Morgan fingerprint density at radius 2 is 2.04 bits per heavy atom. The van der Waals surface area contributed by atoms with Gasteiger partial charge in [0.2, 0.25) is 0 Å². The summed E-state index contributed by atoms with van der Waals surface area (Å²) in [7, 11) is 0. The molecule has 1 aromatic carbocycles. The highest BCUT2D eigenvalue weighted by molar-refractivity contribution is 7.16. The van der Waals surface area contributed by atoms with E-state index in [9.17, 15) is 14.7 Å². The van der Waals surface area contributed by atoms with Crippen molar-refractivity contribution < 1.29 is 19.4 Å². The number of fused-ring (bicyclic) bond motifs is 2. The van der Waals surface area contributed by atoms with E-state index in [0.29, 0.717) is 17.0 Å². The standard InChI is InChI=1S/C19H20N2O4S/c22-17(23)15-16(14-9-12-6-7-13(14)8-12)26-18(20-15)21-19(24)25-10-11-4-2-1-3-5-11/h1-5,12-14H,6-10H2,(H,22,23)(H,20,21,24). The molecule has 3 unspecified atom stereocenters. The number of hydrogen-bond acceptors (Lipinski definition) is 5. The summed E-state index contributed by atoms with van der Waals surface area (Å²) >= 11 is 1.27. The van der Waals surface area contributed by atoms with E-state index in [0.717, 1.165) is 23.3 Å². The van der Waals surface area contributed by atoms with E-state index >= 15 is 0 Å². The molecule has 2 aliphatic rings. The molecule has 26 heavy (non-hydrogen) atoms. The summed E-state index contributed by atoms with van der Waals surface area (Å²) in [4.78, 5) is 28.5. The van der Waals surface area contributed by atoms with Crippen LogP contribution in [0.15, 0.2) is 30.3 Å². The molecule has 1 heterocycles. The maximum atomic E-state index is 12.0. The lowest BCUT2D eigenvalue weighted by Crippen LogP contribution is -2.13. The predicted octanol–water partition coefficient (Wildman–Crippen LogP) is 4.49. The number of anilines is 1. The number of carboxylic acids is 1. The van der Waals surface area contributed by atoms with Crippen molar-refractivity contribution in [2.45, 2.75) is 38.2 Å². The Bertz CT molecular complexity index is 820. The van der Waals surface area contributed by atoms with Gasteiger partial charge in [-0.3, -0.25) is 5.32 Å². The molecule has 136 valence electrons. The molecule has 3 atom stereocenters. The van der Waals surface area contributed by atoms with Crippen molar-refractivity contribution in [2.75, 3.05) is 5.32 Å². The topological polar surface area (TPSA) is 88.5 Å². The summed E-state index contributed by atoms with van der Waals surface area (Å²) in [6.07, 6.45) is 4.00. The minimum absolute atomic E-state index is 0.0749. The number of rotatable bonds is 5. The molecule has 2 fully saturated rings. The average molecular weight is 372 g/mol. The Balaban J connectivity index is 1.44. The molecule has 0 saturated heterocycles. The second-order valence-electron chi connectivity index (χ2n) is 7.01. The highest BCUT2D eigenvalue weighted by Crippen LogP contribution is 2.54. The largest absolute Gasteiger partial charge is 0.476 e. The molecule has 4 rings (SSSR count). The van der Waals surface area contributed by atoms with Crippen molar-refractivity contribution in [3.05, 3.63) is 46.5 Å². The van der Waals surface area contributed by atoms with Crippen molar-refractivity contribution in [3.63, 3.8) is 0 Å². The SMILES string of the molecule is O=C(Nc1nc(C(=O)O)c(C2CC3CCC2C3)s1)OCc1ccccc1. The quantitative estimate of drug-likeness (QED) is 0.807. The van der Waals surface area contributed by atoms with Crippen molar-refractivity contribution >= 4 is 28.5 Å². The molecule has 1 amide bonds. The van der Waals surface area contributed by atoms with Crippen molar-refractivity contribution in [2.24, 2.45) is 11.8 Å². The van der Waals surface area contributed by atoms with Gasteiger partial charge in [-0.1, -0.05) is 36.8 Å². The number of benzene rings is 1. The van der Waals surface area contributed by atoms with Gasteiger partial charge in [-0.25, -0.2) is 14.6 Å². The van der Waals surface area contributed by atoms with Crippen molar-refractivity contribution in [1.82, 2.24) is 4.98 Å². The fourth-order valence-corrected chi connectivity index (χ4v) is 5.35. The first-order valence-electron chi connectivity index (χ1n) is 8.82. The van der Waals surface area contributed by atoms with Gasteiger partial charge in [0.15, 0.2) is 10.8 Å². The van der Waals surface area contributed by atoms with E-state index in [-0.39, 0.29) is 18.2 Å². The van der Waals surface area contributed by atoms with E-state index < -0.39 is 12.1 Å². The normalized spacial score (nSPS) is 23.8. The summed E-state index contributed by atoms with van der Waals surface area (Å²) in [5, 5.41) is 12.4. The van der Waals surface area contributed by atoms with Gasteiger partial charge in [0, 0.05) is 4.88 Å². The number of thiazole rings is 1. The van der Waals surface area contributed by atoms with Crippen LogP contribution in [0.5, 0.6) is 0 Å². The van der Waals surface area contributed by atoms with Crippen LogP contribution in [0, 0.1) is 11.8 Å². The molecule has 6 nitrogen and oxygen atoms in total. The zero-order chi connectivity index (χ0) is 18.1. The first kappa shape index (κ1) is 17.0. The molecule has 2 aromatic rings. The molecular weight excluding hydrogens is 352 g/mol. The highest BCUT2D eigenvalue weighted by atomic mass is 32.1. The van der Waals surface area contributed by atoms with Gasteiger partial charge in [-0.2, -0.15) is 0 Å². The van der Waals surface area contributed by atoms with E-state index in [1.807, 2.05) is 30.3 Å². The first-order valence-corrected chi connectivity index (χ1v) is 9.63. The van der Waals surface area contributed by atoms with Gasteiger partial charge in [0.05, 0.1) is 0 Å². The second-order valence-corrected chi connectivity index (χ2v) is 8.04. The zero-order valence-corrected chi connectivity index (χ0v) is 15.0. The maximum Gasteiger partial charge on any atom is 0.413 e. The number of nitrogens with one attached hydrogen (secondary N) is 1. The summed E-state index contributed by atoms with van der Waals surface area (Å²) in [5.41, 5.74) is 0.960. The zero-order valence-electron chi connectivity index (χ0n) is 14.2. The van der Waals surface area contributed by atoms with Gasteiger partial charge in [-0.15, -0.1) is 11.3 Å². The van der Waals surface area contributed by atoms with Crippen LogP contribution in [0.4, 0.5) is 9.93 Å². The Morgan fingerprint density at radius 1 is 1.23 bits per heavy atom. The van der Waals surface area contributed by atoms with Crippen LogP contribution in [0.25, 0.3) is 0 Å². The minimum Gasteiger partial charge on any atom is -0.476 e. The molecule has 2 N–H and O–H groups in total. The second kappa shape index (κ2) is 7.07. The highest BCUT2D eigenvalue weighted by Gasteiger charge is 2.43. The van der Waals surface area contributed by atoms with E-state index in [1.165, 1.54) is 24.2 Å². The summed E-state index contributed by atoms with van der Waals surface area (Å²) in [6, 6.07) is 9.37. The summed E-state index contributed by atoms with van der Waals surface area (Å²) < 4.78 is 5.19. The van der Waals surface area contributed by atoms with E-state index in [4.69, 9.17) is 4.74 Å². The van der Waals surface area contributed by atoms with Gasteiger partial charge in [0.25, 0.3) is 0 Å². The van der Waals surface area contributed by atoms with Crippen molar-refractivity contribution in [3.8, 4) is 0 Å². The van der Waals surface area contributed by atoms with Gasteiger partial charge in [-0.05, 0) is 42.6 Å². The molecule has 1 aromatic heterocycles. The fourth-order valence-electron chi connectivity index (χ4n) is 4.20. The minimum atomic E-state index is -1.04. The number of carbonyl (C=O) groups is 2. The number of ether oxygens (including phenoxy) is 1. The number of hydrogen-bond donors (Lipinski definition) is 2. The third-order valence-corrected chi connectivity index (χ3v) is 6.46. The molecular formula is C19H20N2O4S. The predicted molar refractivity (Wildman–Crippen MR) is 97.5 cm³/mol.